The van der Waals surface area contributed by atoms with E-state index in [1.807, 2.05) is 0 Å². The first-order chi connectivity index (χ1) is 9.49. The molecule has 20 heavy (non-hydrogen) atoms. The van der Waals surface area contributed by atoms with Crippen molar-refractivity contribution in [3.05, 3.63) is 0 Å². The lowest BCUT2D eigenvalue weighted by atomic mass is 10.1. The fraction of sp³-hybridized carbons (Fsp3) is 0.750. The molecule has 0 aromatic carbocycles. The second-order valence-corrected chi connectivity index (χ2v) is 7.10. The highest BCUT2D eigenvalue weighted by molar-refractivity contribution is 7.86. The second kappa shape index (κ2) is 6.67. The number of amidine groups is 2. The molecule has 0 bridgehead atoms. The van der Waals surface area contributed by atoms with Gasteiger partial charge in [-0.15, -0.1) is 0 Å². The Balaban J connectivity index is 1.93. The standard InChI is InChI=1S/C12H19ClN4O2S/c1-17(2)9(18)4-3-6-14-11-10-8(5-7-20(10)19)15-12(13)16-11/h8,10H,3-7H2,1-2H3,(H,14,15,16). The van der Waals surface area contributed by atoms with Gasteiger partial charge in [0.25, 0.3) is 0 Å². The number of halogens is 1. The van der Waals surface area contributed by atoms with E-state index in [1.165, 1.54) is 0 Å². The Labute approximate surface area is 126 Å². The summed E-state index contributed by atoms with van der Waals surface area (Å²) in [4.78, 5) is 21.7. The maximum atomic E-state index is 12.0. The van der Waals surface area contributed by atoms with Gasteiger partial charge < -0.3 is 10.2 Å². The van der Waals surface area contributed by atoms with Crippen LogP contribution in [0.15, 0.2) is 9.98 Å². The smallest absolute Gasteiger partial charge is 0.222 e. The molecule has 0 aliphatic carbocycles. The molecule has 0 spiro atoms. The summed E-state index contributed by atoms with van der Waals surface area (Å²) in [5.74, 6) is 1.38. The van der Waals surface area contributed by atoms with E-state index < -0.39 is 10.8 Å². The van der Waals surface area contributed by atoms with Crippen molar-refractivity contribution in [2.75, 3.05) is 26.4 Å². The molecule has 1 fully saturated rings. The predicted molar refractivity (Wildman–Crippen MR) is 81.9 cm³/mol. The van der Waals surface area contributed by atoms with Crippen LogP contribution in [0.4, 0.5) is 0 Å². The minimum atomic E-state index is -0.940. The van der Waals surface area contributed by atoms with Crippen molar-refractivity contribution in [3.8, 4) is 0 Å². The lowest BCUT2D eigenvalue weighted by Gasteiger charge is -2.23. The van der Waals surface area contributed by atoms with Crippen molar-refractivity contribution in [2.45, 2.75) is 30.6 Å². The van der Waals surface area contributed by atoms with Crippen LogP contribution >= 0.6 is 11.6 Å². The minimum Gasteiger partial charge on any atom is -0.349 e. The minimum absolute atomic E-state index is 0.0215. The zero-order chi connectivity index (χ0) is 14.7. The van der Waals surface area contributed by atoms with E-state index in [9.17, 15) is 9.00 Å². The van der Waals surface area contributed by atoms with Gasteiger partial charge in [-0.25, -0.2) is 0 Å². The molecule has 1 saturated heterocycles. The van der Waals surface area contributed by atoms with Gasteiger partial charge in [0.05, 0.1) is 6.04 Å². The average Bonchev–Trinajstić information content (AvgIpc) is 2.75. The number of aliphatic imine (C=N–C) groups is 2. The Morgan fingerprint density at radius 1 is 1.60 bits per heavy atom. The maximum Gasteiger partial charge on any atom is 0.222 e. The summed E-state index contributed by atoms with van der Waals surface area (Å²) >= 11 is 5.93. The number of amides is 1. The van der Waals surface area contributed by atoms with Crippen molar-refractivity contribution in [1.82, 2.24) is 10.2 Å². The van der Waals surface area contributed by atoms with Crippen molar-refractivity contribution in [1.29, 1.82) is 0 Å². The molecule has 0 aromatic heterocycles. The molecule has 0 saturated carbocycles. The fourth-order valence-electron chi connectivity index (χ4n) is 2.27. The number of nitrogens with one attached hydrogen (secondary N) is 1. The Hall–Kier alpha value is -0.950. The third-order valence-corrected chi connectivity index (χ3v) is 5.29. The van der Waals surface area contributed by atoms with E-state index in [1.54, 1.807) is 19.0 Å². The van der Waals surface area contributed by atoms with Gasteiger partial charge in [-0.05, 0) is 24.4 Å². The molecule has 2 rings (SSSR count). The Kier molecular flexibility index (Phi) is 5.15. The molecule has 3 unspecified atom stereocenters. The molecule has 2 aliphatic heterocycles. The van der Waals surface area contributed by atoms with Crippen LogP contribution in [0.25, 0.3) is 0 Å². The molecule has 1 N–H and O–H groups in total. The third-order valence-electron chi connectivity index (χ3n) is 3.36. The normalized spacial score (nSPS) is 30.6. The molecule has 2 heterocycles. The molecule has 2 aliphatic rings. The highest BCUT2D eigenvalue weighted by atomic mass is 35.5. The summed E-state index contributed by atoms with van der Waals surface area (Å²) in [6.07, 6.45) is 1.91. The SMILES string of the molecule is CN(C)C(=O)CCCN=C1NC(Cl)=NC2CCS(=O)C12. The molecule has 1 amide bonds. The number of carbonyl (C=O) groups excluding carboxylic acids is 1. The van der Waals surface area contributed by atoms with E-state index in [2.05, 4.69) is 15.3 Å². The van der Waals surface area contributed by atoms with E-state index in [-0.39, 0.29) is 17.2 Å². The van der Waals surface area contributed by atoms with E-state index in [0.29, 0.717) is 36.3 Å². The van der Waals surface area contributed by atoms with Gasteiger partial charge in [0.15, 0.2) is 5.29 Å². The second-order valence-electron chi connectivity index (χ2n) is 5.07. The Morgan fingerprint density at radius 3 is 3.05 bits per heavy atom. The Morgan fingerprint density at radius 2 is 2.35 bits per heavy atom. The summed E-state index contributed by atoms with van der Waals surface area (Å²) < 4.78 is 12.0. The number of rotatable bonds is 4. The van der Waals surface area contributed by atoms with Gasteiger partial charge in [-0.2, -0.15) is 0 Å². The van der Waals surface area contributed by atoms with Gasteiger partial charge in [0.1, 0.15) is 11.1 Å². The summed E-state index contributed by atoms with van der Waals surface area (Å²) in [5, 5.41) is 3.05. The molecule has 8 heteroatoms. The zero-order valence-electron chi connectivity index (χ0n) is 11.6. The quantitative estimate of drug-likeness (QED) is 0.600. The first-order valence-corrected chi connectivity index (χ1v) is 8.37. The van der Waals surface area contributed by atoms with Crippen molar-refractivity contribution in [2.24, 2.45) is 9.98 Å². The van der Waals surface area contributed by atoms with Crippen LogP contribution in [0.3, 0.4) is 0 Å². The lowest BCUT2D eigenvalue weighted by molar-refractivity contribution is -0.128. The van der Waals surface area contributed by atoms with Gasteiger partial charge in [0.2, 0.25) is 5.91 Å². The summed E-state index contributed by atoms with van der Waals surface area (Å²) in [5.41, 5.74) is 0. The summed E-state index contributed by atoms with van der Waals surface area (Å²) in [7, 11) is 2.53. The maximum absolute atomic E-state index is 12.0. The highest BCUT2D eigenvalue weighted by Gasteiger charge is 2.40. The van der Waals surface area contributed by atoms with Crippen molar-refractivity contribution < 1.29 is 9.00 Å². The number of fused-ring (bicyclic) bond motifs is 1. The fourth-order valence-corrected chi connectivity index (χ4v) is 4.15. The van der Waals surface area contributed by atoms with Gasteiger partial charge in [-0.3, -0.25) is 19.0 Å². The molecule has 3 atom stereocenters. The van der Waals surface area contributed by atoms with Crippen LogP contribution in [0.1, 0.15) is 19.3 Å². The molecule has 0 aromatic rings. The monoisotopic (exact) mass is 318 g/mol. The number of carbonyl (C=O) groups is 1. The molecular formula is C12H19ClN4O2S. The third kappa shape index (κ3) is 3.58. The molecule has 0 radical (unpaired) electrons. The molecular weight excluding hydrogens is 300 g/mol. The zero-order valence-corrected chi connectivity index (χ0v) is 13.2. The number of hydrogen-bond acceptors (Lipinski definition) is 4. The highest BCUT2D eigenvalue weighted by Crippen LogP contribution is 2.24. The predicted octanol–water partition coefficient (Wildman–Crippen LogP) is 0.341. The van der Waals surface area contributed by atoms with Crippen molar-refractivity contribution >= 4 is 39.4 Å². The Bertz CT molecular complexity index is 478. The van der Waals surface area contributed by atoms with Crippen LogP contribution in [-0.4, -0.2) is 63.8 Å². The van der Waals surface area contributed by atoms with Crippen LogP contribution in [-0.2, 0) is 15.6 Å². The first-order valence-electron chi connectivity index (χ1n) is 6.61. The number of hydrogen-bond donors (Lipinski definition) is 1. The van der Waals surface area contributed by atoms with E-state index >= 15 is 0 Å². The van der Waals surface area contributed by atoms with Gasteiger partial charge in [0, 0.05) is 43.6 Å². The topological polar surface area (TPSA) is 74.1 Å². The summed E-state index contributed by atoms with van der Waals surface area (Å²) in [6, 6.07) is -0.0215. The van der Waals surface area contributed by atoms with E-state index in [4.69, 9.17) is 11.6 Å². The lowest BCUT2D eigenvalue weighted by Crippen LogP contribution is -2.47. The molecule has 6 nitrogen and oxygen atoms in total. The van der Waals surface area contributed by atoms with Crippen molar-refractivity contribution in [3.63, 3.8) is 0 Å². The van der Waals surface area contributed by atoms with E-state index in [0.717, 1.165) is 6.42 Å². The van der Waals surface area contributed by atoms with Crippen LogP contribution in [0, 0.1) is 0 Å². The average molecular weight is 319 g/mol. The van der Waals surface area contributed by atoms with Gasteiger partial charge in [-0.1, -0.05) is 0 Å². The largest absolute Gasteiger partial charge is 0.349 e. The van der Waals surface area contributed by atoms with Crippen LogP contribution in [0.5, 0.6) is 0 Å². The first kappa shape index (κ1) is 15.4. The van der Waals surface area contributed by atoms with Crippen LogP contribution in [0.2, 0.25) is 0 Å². The molecule has 112 valence electrons. The van der Waals surface area contributed by atoms with Gasteiger partial charge >= 0.3 is 0 Å². The van der Waals surface area contributed by atoms with Crippen LogP contribution < -0.4 is 5.32 Å². The summed E-state index contributed by atoms with van der Waals surface area (Å²) in [6.45, 7) is 0.520. The number of nitrogens with zero attached hydrogens (tertiary/aromatic N) is 3.